The molecule has 3 N–H and O–H groups in total. The first-order valence-corrected chi connectivity index (χ1v) is 13.5. The largest absolute Gasteiger partial charge is 0.336 e. The minimum absolute atomic E-state index is 0.0849. The fourth-order valence-corrected chi connectivity index (χ4v) is 5.85. The highest BCUT2D eigenvalue weighted by molar-refractivity contribution is 6.00. The molecule has 202 valence electrons. The number of amidine groups is 1. The Bertz CT molecular complexity index is 1400. The van der Waals surface area contributed by atoms with Gasteiger partial charge in [0.25, 0.3) is 5.91 Å². The number of aryl methyl sites for hydroxylation is 2. The average molecular weight is 526 g/mol. The first-order valence-electron chi connectivity index (χ1n) is 13.5. The maximum atomic E-state index is 13.4. The zero-order chi connectivity index (χ0) is 27.1. The lowest BCUT2D eigenvalue weighted by atomic mass is 9.96. The van der Waals surface area contributed by atoms with E-state index in [1.807, 2.05) is 42.4 Å². The number of likely N-dealkylation sites (tertiary alicyclic amines) is 1. The zero-order valence-corrected chi connectivity index (χ0v) is 22.9. The summed E-state index contributed by atoms with van der Waals surface area (Å²) in [7, 11) is 1.84. The predicted octanol–water partition coefficient (Wildman–Crippen LogP) is 3.46. The normalized spacial score (nSPS) is 21.2. The summed E-state index contributed by atoms with van der Waals surface area (Å²) in [6.45, 7) is 8.76. The molecule has 0 radical (unpaired) electrons. The number of fused-ring (bicyclic) bond motifs is 1. The van der Waals surface area contributed by atoms with Crippen molar-refractivity contribution in [2.24, 2.45) is 5.10 Å². The van der Waals surface area contributed by atoms with Gasteiger partial charge in [-0.1, -0.05) is 18.2 Å². The summed E-state index contributed by atoms with van der Waals surface area (Å²) >= 11 is 0. The van der Waals surface area contributed by atoms with E-state index in [1.165, 1.54) is 16.7 Å². The molecule has 10 heteroatoms. The van der Waals surface area contributed by atoms with E-state index in [1.54, 1.807) is 5.12 Å². The van der Waals surface area contributed by atoms with Crippen LogP contribution in [0.1, 0.15) is 58.1 Å². The molecule has 0 bridgehead atoms. The molecule has 3 aromatic rings. The zero-order valence-electron chi connectivity index (χ0n) is 22.9. The molecule has 1 saturated heterocycles. The standard InChI is InChI=1S/C29H35N9O/c1-18-11-19(2)13-24(12-18)31-29-30-15-23-16-37(17-26(23)32-29)25-9-10-38(20(3)14-25)28(39)22-7-5-21(6-8-22)27-33-35-36(4)34-27/h5-8,11-13,15,20,25,35H,9-10,14,16-17H2,1-4H3,(H,33,34)(H,30,31,32)/t20-,25-/m1/s1. The Hall–Kier alpha value is -4.02. The van der Waals surface area contributed by atoms with Crippen LogP contribution in [0.25, 0.3) is 0 Å². The monoisotopic (exact) mass is 525 g/mol. The lowest BCUT2D eigenvalue weighted by molar-refractivity contribution is 0.0460. The summed E-state index contributed by atoms with van der Waals surface area (Å²) in [5, 5.41) is 9.27. The van der Waals surface area contributed by atoms with Crippen LogP contribution >= 0.6 is 0 Å². The number of hydrazine groups is 2. The summed E-state index contributed by atoms with van der Waals surface area (Å²) < 4.78 is 0. The van der Waals surface area contributed by atoms with E-state index in [9.17, 15) is 4.79 Å². The number of aromatic nitrogens is 2. The fraction of sp³-hybridized carbons (Fsp3) is 0.379. The maximum Gasteiger partial charge on any atom is 0.254 e. The fourth-order valence-electron chi connectivity index (χ4n) is 5.85. The van der Waals surface area contributed by atoms with Crippen molar-refractivity contribution in [2.45, 2.75) is 58.8 Å². The van der Waals surface area contributed by atoms with Crippen molar-refractivity contribution in [3.05, 3.63) is 82.2 Å². The minimum Gasteiger partial charge on any atom is -0.336 e. The lowest BCUT2D eigenvalue weighted by Gasteiger charge is -2.41. The van der Waals surface area contributed by atoms with Gasteiger partial charge in [-0.3, -0.25) is 15.1 Å². The molecule has 1 aromatic heterocycles. The van der Waals surface area contributed by atoms with Gasteiger partial charge < -0.3 is 10.2 Å². The summed E-state index contributed by atoms with van der Waals surface area (Å²) in [6, 6.07) is 14.6. The topological polar surface area (TPSA) is 101 Å². The van der Waals surface area contributed by atoms with Crippen molar-refractivity contribution < 1.29 is 4.79 Å². The SMILES string of the molecule is Cc1cc(C)cc(Nc2ncc3c(n2)CN([C@@H]2CCN(C(=O)c4ccc(C5=NNN(C)N5)cc4)[C@H](C)C2)C3)c1. The van der Waals surface area contributed by atoms with Crippen molar-refractivity contribution in [3.8, 4) is 0 Å². The average Bonchev–Trinajstić information content (AvgIpc) is 3.54. The summed E-state index contributed by atoms with van der Waals surface area (Å²) in [4.78, 5) is 27.3. The van der Waals surface area contributed by atoms with E-state index in [0.717, 1.165) is 55.3 Å². The number of nitrogens with zero attached hydrogens (tertiary/aromatic N) is 6. The van der Waals surface area contributed by atoms with Crippen molar-refractivity contribution in [3.63, 3.8) is 0 Å². The number of amides is 1. The third-order valence-electron chi connectivity index (χ3n) is 7.77. The highest BCUT2D eigenvalue weighted by Crippen LogP contribution is 2.31. The number of carbonyl (C=O) groups excluding carboxylic acids is 1. The quantitative estimate of drug-likeness (QED) is 0.466. The van der Waals surface area contributed by atoms with Gasteiger partial charge >= 0.3 is 0 Å². The van der Waals surface area contributed by atoms with Crippen LogP contribution in [0.4, 0.5) is 11.6 Å². The highest BCUT2D eigenvalue weighted by atomic mass is 16.2. The molecule has 0 spiro atoms. The van der Waals surface area contributed by atoms with Crippen molar-refractivity contribution in [2.75, 3.05) is 18.9 Å². The minimum atomic E-state index is 0.0849. The van der Waals surface area contributed by atoms with Crippen molar-refractivity contribution in [1.29, 1.82) is 0 Å². The molecular weight excluding hydrogens is 490 g/mol. The third kappa shape index (κ3) is 5.30. The lowest BCUT2D eigenvalue weighted by Crippen LogP contribution is -2.50. The first kappa shape index (κ1) is 25.3. The predicted molar refractivity (Wildman–Crippen MR) is 151 cm³/mol. The van der Waals surface area contributed by atoms with Crippen LogP contribution in [0.3, 0.4) is 0 Å². The Balaban J connectivity index is 1.06. The molecule has 4 heterocycles. The maximum absolute atomic E-state index is 13.4. The molecule has 3 aliphatic heterocycles. The van der Waals surface area contributed by atoms with Gasteiger partial charge in [-0.2, -0.15) is 0 Å². The molecule has 3 aliphatic rings. The van der Waals surface area contributed by atoms with Gasteiger partial charge in [0.15, 0.2) is 5.84 Å². The van der Waals surface area contributed by atoms with E-state index in [0.29, 0.717) is 17.6 Å². The second kappa shape index (κ2) is 10.3. The van der Waals surface area contributed by atoms with Gasteiger partial charge in [0.1, 0.15) is 0 Å². The number of anilines is 2. The molecule has 0 saturated carbocycles. The van der Waals surface area contributed by atoms with Crippen molar-refractivity contribution in [1.82, 2.24) is 35.8 Å². The smallest absolute Gasteiger partial charge is 0.254 e. The number of hydrogen-bond acceptors (Lipinski definition) is 9. The number of hydrogen-bond donors (Lipinski definition) is 3. The molecule has 0 aliphatic carbocycles. The van der Waals surface area contributed by atoms with Gasteiger partial charge in [-0.05, 0) is 69.0 Å². The van der Waals surface area contributed by atoms with Gasteiger partial charge in [0, 0.05) is 67.3 Å². The molecule has 2 aromatic carbocycles. The Morgan fingerprint density at radius 3 is 2.54 bits per heavy atom. The van der Waals surface area contributed by atoms with E-state index in [4.69, 9.17) is 4.98 Å². The van der Waals surface area contributed by atoms with E-state index in [2.05, 4.69) is 70.2 Å². The second-order valence-corrected chi connectivity index (χ2v) is 10.9. The second-order valence-electron chi connectivity index (χ2n) is 10.9. The van der Waals surface area contributed by atoms with Gasteiger partial charge in [0.2, 0.25) is 5.95 Å². The van der Waals surface area contributed by atoms with Gasteiger partial charge in [0.05, 0.1) is 5.69 Å². The third-order valence-corrected chi connectivity index (χ3v) is 7.77. The molecule has 6 rings (SSSR count). The molecule has 2 atom stereocenters. The Morgan fingerprint density at radius 1 is 1.08 bits per heavy atom. The molecule has 10 nitrogen and oxygen atoms in total. The summed E-state index contributed by atoms with van der Waals surface area (Å²) in [5.41, 5.74) is 13.3. The molecule has 0 unspecified atom stereocenters. The van der Waals surface area contributed by atoms with Crippen LogP contribution in [0.5, 0.6) is 0 Å². The number of rotatable bonds is 5. The Kier molecular flexibility index (Phi) is 6.66. The van der Waals surface area contributed by atoms with Gasteiger partial charge in [-0.25, -0.2) is 15.5 Å². The van der Waals surface area contributed by atoms with E-state index < -0.39 is 0 Å². The number of benzene rings is 2. The van der Waals surface area contributed by atoms with Gasteiger partial charge in [-0.15, -0.1) is 10.2 Å². The molecule has 1 fully saturated rings. The Morgan fingerprint density at radius 2 is 1.85 bits per heavy atom. The van der Waals surface area contributed by atoms with Crippen LogP contribution < -0.4 is 16.3 Å². The molecular formula is C29H35N9O. The molecule has 39 heavy (non-hydrogen) atoms. The first-order chi connectivity index (χ1) is 18.8. The van der Waals surface area contributed by atoms with E-state index in [-0.39, 0.29) is 11.9 Å². The number of nitrogens with one attached hydrogen (secondary N) is 3. The van der Waals surface area contributed by atoms with Crippen molar-refractivity contribution >= 4 is 23.4 Å². The molecule has 1 amide bonds. The van der Waals surface area contributed by atoms with E-state index >= 15 is 0 Å². The van der Waals surface area contributed by atoms with Crippen LogP contribution in [0.15, 0.2) is 53.8 Å². The summed E-state index contributed by atoms with van der Waals surface area (Å²) in [5.74, 6) is 1.45. The highest BCUT2D eigenvalue weighted by Gasteiger charge is 2.35. The van der Waals surface area contributed by atoms with Crippen LogP contribution in [0, 0.1) is 13.8 Å². The number of carbonyl (C=O) groups is 1. The van der Waals surface area contributed by atoms with Crippen LogP contribution in [-0.4, -0.2) is 62.3 Å². The number of hydrazone groups is 1. The van der Waals surface area contributed by atoms with Crippen LogP contribution in [-0.2, 0) is 13.1 Å². The Labute approximate surface area is 229 Å². The van der Waals surface area contributed by atoms with Crippen LogP contribution in [0.2, 0.25) is 0 Å². The summed E-state index contributed by atoms with van der Waals surface area (Å²) in [6.07, 6.45) is 3.85. The number of piperidine rings is 1.